The summed E-state index contributed by atoms with van der Waals surface area (Å²) in [5.74, 6) is 0. The Morgan fingerprint density at radius 1 is 1.44 bits per heavy atom. The molecule has 1 aliphatic rings. The van der Waals surface area contributed by atoms with E-state index in [0.717, 1.165) is 24.2 Å². The number of aliphatic hydroxyl groups excluding tert-OH is 1. The van der Waals surface area contributed by atoms with Crippen LogP contribution in [-0.2, 0) is 4.74 Å². The van der Waals surface area contributed by atoms with Crippen molar-refractivity contribution in [2.75, 3.05) is 13.2 Å². The summed E-state index contributed by atoms with van der Waals surface area (Å²) >= 11 is 0. The van der Waals surface area contributed by atoms with E-state index < -0.39 is 6.10 Å². The van der Waals surface area contributed by atoms with Crippen LogP contribution < -0.4 is 0 Å². The minimum Gasteiger partial charge on any atom is -0.387 e. The van der Waals surface area contributed by atoms with Crippen molar-refractivity contribution in [2.45, 2.75) is 19.1 Å². The van der Waals surface area contributed by atoms with Crippen LogP contribution in [0.15, 0.2) is 18.3 Å². The highest BCUT2D eigenvalue weighted by Gasteiger charge is 2.21. The third-order valence-corrected chi connectivity index (χ3v) is 2.82. The van der Waals surface area contributed by atoms with Gasteiger partial charge < -0.3 is 9.84 Å². The molecular weight excluding hydrogens is 206 g/mol. The lowest BCUT2D eigenvalue weighted by Gasteiger charge is -2.25. The first-order valence-electron chi connectivity index (χ1n) is 5.35. The van der Waals surface area contributed by atoms with E-state index >= 15 is 0 Å². The van der Waals surface area contributed by atoms with Gasteiger partial charge in [0.05, 0.1) is 37.3 Å². The standard InChI is InChI=1S/C11H13N3O2/c1-7(15)9-2-3-10-11(12-9)4-14(13-10)8-5-16-6-8/h2-4,7-8,15H,5-6H2,1H3. The van der Waals surface area contributed by atoms with Gasteiger partial charge in [-0.05, 0) is 19.1 Å². The molecule has 0 spiro atoms. The van der Waals surface area contributed by atoms with E-state index in [4.69, 9.17) is 4.74 Å². The topological polar surface area (TPSA) is 60.2 Å². The predicted molar refractivity (Wildman–Crippen MR) is 58.0 cm³/mol. The highest BCUT2D eigenvalue weighted by atomic mass is 16.5. The summed E-state index contributed by atoms with van der Waals surface area (Å²) in [5.41, 5.74) is 2.36. The van der Waals surface area contributed by atoms with E-state index in [2.05, 4.69) is 10.1 Å². The zero-order valence-corrected chi connectivity index (χ0v) is 9.00. The van der Waals surface area contributed by atoms with Crippen LogP contribution in [-0.4, -0.2) is 33.1 Å². The van der Waals surface area contributed by atoms with E-state index in [-0.39, 0.29) is 0 Å². The van der Waals surface area contributed by atoms with Gasteiger partial charge in [-0.1, -0.05) is 0 Å². The smallest absolute Gasteiger partial charge is 0.111 e. The Morgan fingerprint density at radius 2 is 2.25 bits per heavy atom. The number of hydrogen-bond donors (Lipinski definition) is 1. The van der Waals surface area contributed by atoms with E-state index in [9.17, 15) is 5.11 Å². The molecule has 5 heteroatoms. The summed E-state index contributed by atoms with van der Waals surface area (Å²) in [6, 6.07) is 4.03. The Labute approximate surface area is 92.7 Å². The van der Waals surface area contributed by atoms with E-state index in [0.29, 0.717) is 11.7 Å². The molecule has 1 atom stereocenters. The molecule has 0 bridgehead atoms. The minimum absolute atomic E-state index is 0.337. The van der Waals surface area contributed by atoms with Crippen LogP contribution in [0, 0.1) is 0 Å². The Hall–Kier alpha value is -1.46. The number of aliphatic hydroxyl groups is 1. The first kappa shape index (κ1) is 9.74. The van der Waals surface area contributed by atoms with Gasteiger partial charge in [-0.15, -0.1) is 0 Å². The molecule has 0 aliphatic carbocycles. The van der Waals surface area contributed by atoms with E-state index in [1.54, 1.807) is 6.92 Å². The second-order valence-corrected chi connectivity index (χ2v) is 4.12. The molecule has 0 amide bonds. The van der Waals surface area contributed by atoms with Crippen LogP contribution >= 0.6 is 0 Å². The highest BCUT2D eigenvalue weighted by Crippen LogP contribution is 2.20. The molecule has 0 aromatic carbocycles. The molecule has 3 heterocycles. The molecule has 2 aromatic heterocycles. The lowest BCUT2D eigenvalue weighted by molar-refractivity contribution is -0.0283. The molecule has 1 N–H and O–H groups in total. The molecule has 84 valence electrons. The Kier molecular flexibility index (Phi) is 2.15. The Morgan fingerprint density at radius 3 is 2.88 bits per heavy atom. The second-order valence-electron chi connectivity index (χ2n) is 4.12. The van der Waals surface area contributed by atoms with Gasteiger partial charge in [0.1, 0.15) is 11.0 Å². The fourth-order valence-electron chi connectivity index (χ4n) is 1.74. The van der Waals surface area contributed by atoms with Crippen LogP contribution in [0.25, 0.3) is 11.0 Å². The van der Waals surface area contributed by atoms with Crippen LogP contribution in [0.3, 0.4) is 0 Å². The number of rotatable bonds is 2. The molecule has 0 radical (unpaired) electrons. The maximum Gasteiger partial charge on any atom is 0.111 e. The van der Waals surface area contributed by atoms with Gasteiger partial charge in [-0.2, -0.15) is 5.10 Å². The van der Waals surface area contributed by atoms with Crippen molar-refractivity contribution in [1.82, 2.24) is 14.8 Å². The maximum atomic E-state index is 9.45. The minimum atomic E-state index is -0.542. The zero-order valence-electron chi connectivity index (χ0n) is 9.00. The van der Waals surface area contributed by atoms with Gasteiger partial charge in [-0.3, -0.25) is 4.68 Å². The average molecular weight is 219 g/mol. The highest BCUT2D eigenvalue weighted by molar-refractivity contribution is 5.73. The van der Waals surface area contributed by atoms with E-state index in [1.807, 2.05) is 23.0 Å². The molecule has 1 fully saturated rings. The number of ether oxygens (including phenoxy) is 1. The average Bonchev–Trinajstić information content (AvgIpc) is 2.56. The molecule has 0 saturated carbocycles. The van der Waals surface area contributed by atoms with Gasteiger partial charge in [0.15, 0.2) is 0 Å². The Balaban J connectivity index is 2.03. The van der Waals surface area contributed by atoms with Crippen LogP contribution in [0.2, 0.25) is 0 Å². The van der Waals surface area contributed by atoms with Gasteiger partial charge in [0.2, 0.25) is 0 Å². The maximum absolute atomic E-state index is 9.45. The molecule has 1 aliphatic heterocycles. The predicted octanol–water partition coefficient (Wildman–Crippen LogP) is 1.06. The van der Waals surface area contributed by atoms with Crippen LogP contribution in [0.4, 0.5) is 0 Å². The third kappa shape index (κ3) is 1.48. The fourth-order valence-corrected chi connectivity index (χ4v) is 1.74. The summed E-state index contributed by atoms with van der Waals surface area (Å²) in [7, 11) is 0. The summed E-state index contributed by atoms with van der Waals surface area (Å²) < 4.78 is 7.02. The number of aromatic nitrogens is 3. The zero-order chi connectivity index (χ0) is 11.1. The molecule has 16 heavy (non-hydrogen) atoms. The second kappa shape index (κ2) is 3.54. The van der Waals surface area contributed by atoms with Crippen LogP contribution in [0.1, 0.15) is 24.8 Å². The summed E-state index contributed by atoms with van der Waals surface area (Å²) in [6.45, 7) is 3.15. The number of pyridine rings is 1. The Bertz CT molecular complexity index is 517. The van der Waals surface area contributed by atoms with Crippen molar-refractivity contribution < 1.29 is 9.84 Å². The van der Waals surface area contributed by atoms with E-state index in [1.165, 1.54) is 0 Å². The van der Waals surface area contributed by atoms with Crippen molar-refractivity contribution in [1.29, 1.82) is 0 Å². The molecular formula is C11H13N3O2. The fraction of sp³-hybridized carbons (Fsp3) is 0.455. The first-order chi connectivity index (χ1) is 7.74. The van der Waals surface area contributed by atoms with Crippen molar-refractivity contribution >= 4 is 11.0 Å². The normalized spacial score (nSPS) is 18.6. The van der Waals surface area contributed by atoms with Gasteiger partial charge in [0.25, 0.3) is 0 Å². The van der Waals surface area contributed by atoms with Crippen LogP contribution in [0.5, 0.6) is 0 Å². The molecule has 5 nitrogen and oxygen atoms in total. The first-order valence-corrected chi connectivity index (χ1v) is 5.35. The summed E-state index contributed by atoms with van der Waals surface area (Å²) in [5, 5.41) is 13.9. The molecule has 3 rings (SSSR count). The lowest BCUT2D eigenvalue weighted by atomic mass is 10.2. The lowest BCUT2D eigenvalue weighted by Crippen LogP contribution is -2.30. The van der Waals surface area contributed by atoms with Gasteiger partial charge >= 0.3 is 0 Å². The van der Waals surface area contributed by atoms with Crippen molar-refractivity contribution in [3.05, 3.63) is 24.0 Å². The monoisotopic (exact) mass is 219 g/mol. The largest absolute Gasteiger partial charge is 0.387 e. The molecule has 2 aromatic rings. The summed E-state index contributed by atoms with van der Waals surface area (Å²) in [4.78, 5) is 4.36. The van der Waals surface area contributed by atoms with Crippen molar-refractivity contribution in [3.63, 3.8) is 0 Å². The van der Waals surface area contributed by atoms with Crippen molar-refractivity contribution in [3.8, 4) is 0 Å². The third-order valence-electron chi connectivity index (χ3n) is 2.82. The number of nitrogens with zero attached hydrogens (tertiary/aromatic N) is 3. The number of hydrogen-bond acceptors (Lipinski definition) is 4. The van der Waals surface area contributed by atoms with Gasteiger partial charge in [-0.25, -0.2) is 4.98 Å². The molecule has 1 saturated heterocycles. The molecule has 1 unspecified atom stereocenters. The summed E-state index contributed by atoms with van der Waals surface area (Å²) in [6.07, 6.45) is 1.37. The van der Waals surface area contributed by atoms with Gasteiger partial charge in [0, 0.05) is 0 Å². The SMILES string of the molecule is CC(O)c1ccc2nn(C3COC3)cc2n1. The quantitative estimate of drug-likeness (QED) is 0.820. The van der Waals surface area contributed by atoms with Crippen molar-refractivity contribution in [2.24, 2.45) is 0 Å². The number of fused-ring (bicyclic) bond motifs is 1.